The fraction of sp³-hybridized carbons (Fsp3) is 0.611. The molecule has 120 valence electrons. The van der Waals surface area contributed by atoms with Crippen LogP contribution in [0.3, 0.4) is 0 Å². The monoisotopic (exact) mass is 320 g/mol. The Morgan fingerprint density at radius 3 is 2.41 bits per heavy atom. The molecule has 3 nitrogen and oxygen atoms in total. The second-order valence-corrected chi connectivity index (χ2v) is 6.97. The van der Waals surface area contributed by atoms with E-state index in [-0.39, 0.29) is 17.9 Å². The highest BCUT2D eigenvalue weighted by Gasteiger charge is 2.26. The van der Waals surface area contributed by atoms with E-state index < -0.39 is 0 Å². The first-order chi connectivity index (χ1) is 10.7. The number of rotatable bonds is 5. The second kappa shape index (κ2) is 7.47. The van der Waals surface area contributed by atoms with Crippen molar-refractivity contribution in [1.82, 2.24) is 10.2 Å². The molecule has 1 amide bonds. The maximum Gasteiger partial charge on any atom is 0.223 e. The van der Waals surface area contributed by atoms with Crippen molar-refractivity contribution >= 4 is 17.5 Å². The average molecular weight is 321 g/mol. The zero-order valence-electron chi connectivity index (χ0n) is 13.1. The Morgan fingerprint density at radius 2 is 1.77 bits per heavy atom. The fourth-order valence-electron chi connectivity index (χ4n) is 3.73. The maximum atomic E-state index is 12.3. The van der Waals surface area contributed by atoms with Gasteiger partial charge in [-0.3, -0.25) is 9.69 Å². The Hall–Kier alpha value is -1.06. The van der Waals surface area contributed by atoms with Gasteiger partial charge >= 0.3 is 0 Å². The summed E-state index contributed by atoms with van der Waals surface area (Å²) in [4.78, 5) is 14.8. The van der Waals surface area contributed by atoms with E-state index in [1.165, 1.54) is 31.2 Å². The lowest BCUT2D eigenvalue weighted by Crippen LogP contribution is -2.38. The lowest BCUT2D eigenvalue weighted by molar-refractivity contribution is -0.125. The van der Waals surface area contributed by atoms with Gasteiger partial charge in [0.2, 0.25) is 5.91 Å². The summed E-state index contributed by atoms with van der Waals surface area (Å²) in [6, 6.07) is 8.34. The van der Waals surface area contributed by atoms with Gasteiger partial charge < -0.3 is 5.32 Å². The quantitative estimate of drug-likeness (QED) is 0.895. The van der Waals surface area contributed by atoms with Crippen LogP contribution in [0.5, 0.6) is 0 Å². The van der Waals surface area contributed by atoms with Crippen LogP contribution in [0.2, 0.25) is 5.02 Å². The third kappa shape index (κ3) is 3.82. The standard InChI is InChI=1S/C18H25ClN2O/c19-16-9-7-14(8-10-16)17(21-11-3-4-12-21)13-20-18(22)15-5-1-2-6-15/h7-10,15,17H,1-6,11-13H2,(H,20,22)/t17-/m0/s1. The van der Waals surface area contributed by atoms with Gasteiger partial charge in [-0.2, -0.15) is 0 Å². The lowest BCUT2D eigenvalue weighted by Gasteiger charge is -2.28. The van der Waals surface area contributed by atoms with Gasteiger partial charge in [-0.25, -0.2) is 0 Å². The predicted molar refractivity (Wildman–Crippen MR) is 90.0 cm³/mol. The molecule has 1 saturated carbocycles. The summed E-state index contributed by atoms with van der Waals surface area (Å²) in [6.07, 6.45) is 7.01. The van der Waals surface area contributed by atoms with Crippen LogP contribution in [0.4, 0.5) is 0 Å². The van der Waals surface area contributed by atoms with E-state index >= 15 is 0 Å². The molecule has 1 heterocycles. The average Bonchev–Trinajstić information content (AvgIpc) is 3.22. The number of hydrogen-bond acceptors (Lipinski definition) is 2. The largest absolute Gasteiger partial charge is 0.354 e. The first-order valence-corrected chi connectivity index (χ1v) is 8.89. The Morgan fingerprint density at radius 1 is 1.14 bits per heavy atom. The Bertz CT molecular complexity index is 490. The maximum absolute atomic E-state index is 12.3. The molecule has 0 radical (unpaired) electrons. The van der Waals surface area contributed by atoms with Crippen molar-refractivity contribution in [3.8, 4) is 0 Å². The van der Waals surface area contributed by atoms with Gasteiger partial charge in [0, 0.05) is 17.5 Å². The lowest BCUT2D eigenvalue weighted by atomic mass is 10.0. The number of likely N-dealkylation sites (tertiary alicyclic amines) is 1. The molecule has 1 N–H and O–H groups in total. The molecule has 1 aromatic carbocycles. The molecule has 0 spiro atoms. The molecular weight excluding hydrogens is 296 g/mol. The molecule has 4 heteroatoms. The van der Waals surface area contributed by atoms with Crippen LogP contribution in [0.25, 0.3) is 0 Å². The van der Waals surface area contributed by atoms with Crippen molar-refractivity contribution in [3.63, 3.8) is 0 Å². The van der Waals surface area contributed by atoms with Crippen LogP contribution in [0.1, 0.15) is 50.1 Å². The second-order valence-electron chi connectivity index (χ2n) is 6.54. The molecule has 22 heavy (non-hydrogen) atoms. The fourth-order valence-corrected chi connectivity index (χ4v) is 3.85. The van der Waals surface area contributed by atoms with Crippen molar-refractivity contribution in [2.45, 2.75) is 44.6 Å². The van der Waals surface area contributed by atoms with E-state index in [4.69, 9.17) is 11.6 Å². The first kappa shape index (κ1) is 15.8. The van der Waals surface area contributed by atoms with Crippen LogP contribution in [0.15, 0.2) is 24.3 Å². The van der Waals surface area contributed by atoms with Crippen LogP contribution in [-0.2, 0) is 4.79 Å². The third-order valence-corrected chi connectivity index (χ3v) is 5.28. The molecule has 1 aliphatic carbocycles. The van der Waals surface area contributed by atoms with Gasteiger partial charge in [0.1, 0.15) is 0 Å². The summed E-state index contributed by atoms with van der Waals surface area (Å²) in [5.74, 6) is 0.486. The normalized spacial score (nSPS) is 21.1. The molecule has 2 aliphatic rings. The van der Waals surface area contributed by atoms with Crippen molar-refractivity contribution in [1.29, 1.82) is 0 Å². The first-order valence-electron chi connectivity index (χ1n) is 8.51. The number of benzene rings is 1. The molecule has 2 fully saturated rings. The van der Waals surface area contributed by atoms with E-state index in [9.17, 15) is 4.79 Å². The molecule has 0 unspecified atom stereocenters. The number of amides is 1. The minimum Gasteiger partial charge on any atom is -0.354 e. The van der Waals surface area contributed by atoms with Gasteiger partial charge in [0.25, 0.3) is 0 Å². The third-order valence-electron chi connectivity index (χ3n) is 5.03. The highest BCUT2D eigenvalue weighted by molar-refractivity contribution is 6.30. The van der Waals surface area contributed by atoms with Gasteiger partial charge in [-0.1, -0.05) is 36.6 Å². The number of carbonyl (C=O) groups is 1. The SMILES string of the molecule is O=C(NC[C@@H](c1ccc(Cl)cc1)N1CCCC1)C1CCCC1. The number of halogens is 1. The number of hydrogen-bond donors (Lipinski definition) is 1. The highest BCUT2D eigenvalue weighted by Crippen LogP contribution is 2.27. The van der Waals surface area contributed by atoms with Gasteiger partial charge in [0.15, 0.2) is 0 Å². The van der Waals surface area contributed by atoms with E-state index in [0.717, 1.165) is 31.0 Å². The summed E-state index contributed by atoms with van der Waals surface area (Å²) in [5.41, 5.74) is 1.25. The zero-order valence-corrected chi connectivity index (χ0v) is 13.8. The predicted octanol–water partition coefficient (Wildman–Crippen LogP) is 3.78. The van der Waals surface area contributed by atoms with Gasteiger partial charge in [0.05, 0.1) is 6.04 Å². The van der Waals surface area contributed by atoms with Gasteiger partial charge in [-0.15, -0.1) is 0 Å². The van der Waals surface area contributed by atoms with Crippen LogP contribution in [-0.4, -0.2) is 30.4 Å². The molecule has 3 rings (SSSR count). The van der Waals surface area contributed by atoms with Crippen molar-refractivity contribution < 1.29 is 4.79 Å². The Balaban J connectivity index is 1.65. The zero-order chi connectivity index (χ0) is 15.4. The Kier molecular flexibility index (Phi) is 5.37. The topological polar surface area (TPSA) is 32.3 Å². The molecule has 0 bridgehead atoms. The molecular formula is C18H25ClN2O. The molecule has 1 saturated heterocycles. The summed E-state index contributed by atoms with van der Waals surface area (Å²) < 4.78 is 0. The number of nitrogens with zero attached hydrogens (tertiary/aromatic N) is 1. The summed E-state index contributed by atoms with van der Waals surface area (Å²) >= 11 is 6.01. The van der Waals surface area contributed by atoms with E-state index in [2.05, 4.69) is 22.3 Å². The minimum absolute atomic E-state index is 0.240. The van der Waals surface area contributed by atoms with Crippen molar-refractivity contribution in [3.05, 3.63) is 34.9 Å². The Labute approximate surface area is 138 Å². The van der Waals surface area contributed by atoms with Crippen molar-refractivity contribution in [2.24, 2.45) is 5.92 Å². The van der Waals surface area contributed by atoms with E-state index in [1.807, 2.05) is 12.1 Å². The van der Waals surface area contributed by atoms with E-state index in [1.54, 1.807) is 0 Å². The summed E-state index contributed by atoms with van der Waals surface area (Å²) in [5, 5.41) is 3.96. The number of carbonyl (C=O) groups excluding carboxylic acids is 1. The van der Waals surface area contributed by atoms with Crippen LogP contribution < -0.4 is 5.32 Å². The summed E-state index contributed by atoms with van der Waals surface area (Å²) in [7, 11) is 0. The molecule has 1 atom stereocenters. The minimum atomic E-state index is 0.240. The molecule has 1 aromatic rings. The summed E-state index contributed by atoms with van der Waals surface area (Å²) in [6.45, 7) is 2.94. The van der Waals surface area contributed by atoms with Crippen LogP contribution >= 0.6 is 11.6 Å². The van der Waals surface area contributed by atoms with E-state index in [0.29, 0.717) is 6.54 Å². The smallest absolute Gasteiger partial charge is 0.223 e. The van der Waals surface area contributed by atoms with Crippen LogP contribution in [0, 0.1) is 5.92 Å². The van der Waals surface area contributed by atoms with Gasteiger partial charge in [-0.05, 0) is 56.5 Å². The number of nitrogens with one attached hydrogen (secondary N) is 1. The molecule has 0 aromatic heterocycles. The molecule has 1 aliphatic heterocycles. The highest BCUT2D eigenvalue weighted by atomic mass is 35.5. The van der Waals surface area contributed by atoms with Crippen molar-refractivity contribution in [2.75, 3.05) is 19.6 Å².